The number of carboxylic acids is 1. The number of phenols is 1. The Hall–Kier alpha value is -2.08. The number of rotatable bonds is 4. The highest BCUT2D eigenvalue weighted by Gasteiger charge is 2.13. The summed E-state index contributed by atoms with van der Waals surface area (Å²) in [5.41, 5.74) is 1.41. The molecule has 3 N–H and O–H groups in total. The number of hydrogen-bond acceptors (Lipinski definition) is 5. The third kappa shape index (κ3) is 2.78. The quantitative estimate of drug-likeness (QED) is 0.790. The van der Waals surface area contributed by atoms with Crippen LogP contribution in [0.2, 0.25) is 0 Å². The first-order chi connectivity index (χ1) is 8.56. The molecule has 5 nitrogen and oxygen atoms in total. The van der Waals surface area contributed by atoms with Crippen LogP contribution in [0.25, 0.3) is 0 Å². The van der Waals surface area contributed by atoms with Crippen molar-refractivity contribution >= 4 is 22.4 Å². The summed E-state index contributed by atoms with van der Waals surface area (Å²) >= 11 is 1.11. The summed E-state index contributed by atoms with van der Waals surface area (Å²) in [7, 11) is 0. The van der Waals surface area contributed by atoms with E-state index >= 15 is 0 Å². The number of anilines is 1. The Balaban J connectivity index is 2.06. The third-order valence-corrected chi connectivity index (χ3v) is 3.45. The number of aryl methyl sites for hydroxylation is 1. The van der Waals surface area contributed by atoms with Crippen molar-refractivity contribution in [2.24, 2.45) is 0 Å². The molecule has 0 bridgehead atoms. The van der Waals surface area contributed by atoms with Gasteiger partial charge in [-0.1, -0.05) is 23.5 Å². The Morgan fingerprint density at radius 1 is 1.50 bits per heavy atom. The molecule has 6 heteroatoms. The number of thiazole rings is 1. The summed E-state index contributed by atoms with van der Waals surface area (Å²) in [5.74, 6) is -0.758. The lowest BCUT2D eigenvalue weighted by atomic mass is 10.2. The molecule has 0 aliphatic carbocycles. The zero-order chi connectivity index (χ0) is 13.1. The van der Waals surface area contributed by atoms with E-state index in [4.69, 9.17) is 5.11 Å². The number of carboxylic acid groups (broad SMARTS) is 1. The van der Waals surface area contributed by atoms with E-state index in [1.54, 1.807) is 25.1 Å². The Bertz CT molecular complexity index is 580. The summed E-state index contributed by atoms with van der Waals surface area (Å²) in [5, 5.41) is 21.8. The molecule has 18 heavy (non-hydrogen) atoms. The topological polar surface area (TPSA) is 82.5 Å². The van der Waals surface area contributed by atoms with Crippen molar-refractivity contribution in [1.82, 2.24) is 4.98 Å². The van der Waals surface area contributed by atoms with Gasteiger partial charge < -0.3 is 15.5 Å². The maximum Gasteiger partial charge on any atom is 0.347 e. The lowest BCUT2D eigenvalue weighted by Gasteiger charge is -2.02. The highest BCUT2D eigenvalue weighted by molar-refractivity contribution is 7.17. The smallest absolute Gasteiger partial charge is 0.347 e. The molecule has 0 spiro atoms. The molecule has 0 aliphatic heterocycles. The van der Waals surface area contributed by atoms with Gasteiger partial charge in [0.1, 0.15) is 10.6 Å². The number of phenolic OH excluding ortho intramolecular Hbond substituents is 1. The van der Waals surface area contributed by atoms with Gasteiger partial charge in [-0.05, 0) is 24.6 Å². The molecule has 1 aromatic heterocycles. The Morgan fingerprint density at radius 3 is 2.89 bits per heavy atom. The van der Waals surface area contributed by atoms with Crippen molar-refractivity contribution in [3.05, 3.63) is 40.4 Å². The minimum Gasteiger partial charge on any atom is -0.508 e. The first-order valence-electron chi connectivity index (χ1n) is 5.29. The molecular formula is C12H12N2O3S. The predicted molar refractivity (Wildman–Crippen MR) is 69.2 cm³/mol. The average molecular weight is 264 g/mol. The van der Waals surface area contributed by atoms with E-state index in [0.717, 1.165) is 16.9 Å². The largest absolute Gasteiger partial charge is 0.508 e. The second kappa shape index (κ2) is 5.05. The van der Waals surface area contributed by atoms with E-state index in [2.05, 4.69) is 10.3 Å². The lowest BCUT2D eigenvalue weighted by molar-refractivity contribution is 0.0701. The molecular weight excluding hydrogens is 252 g/mol. The number of nitrogens with one attached hydrogen (secondary N) is 1. The number of aromatic carboxylic acids is 1. The van der Waals surface area contributed by atoms with Crippen LogP contribution in [-0.2, 0) is 6.54 Å². The number of aromatic nitrogens is 1. The van der Waals surface area contributed by atoms with Crippen LogP contribution in [0.15, 0.2) is 24.3 Å². The zero-order valence-electron chi connectivity index (χ0n) is 9.67. The van der Waals surface area contributed by atoms with Crippen molar-refractivity contribution < 1.29 is 15.0 Å². The molecule has 0 fully saturated rings. The van der Waals surface area contributed by atoms with Crippen LogP contribution in [0.3, 0.4) is 0 Å². The van der Waals surface area contributed by atoms with Gasteiger partial charge >= 0.3 is 5.97 Å². The van der Waals surface area contributed by atoms with Gasteiger partial charge in [-0.2, -0.15) is 0 Å². The minimum absolute atomic E-state index is 0.204. The predicted octanol–water partition coefficient (Wildman–Crippen LogP) is 2.47. The van der Waals surface area contributed by atoms with Gasteiger partial charge in [-0.25, -0.2) is 9.78 Å². The normalized spacial score (nSPS) is 10.3. The Kier molecular flexibility index (Phi) is 3.47. The van der Waals surface area contributed by atoms with Crippen molar-refractivity contribution in [3.8, 4) is 5.75 Å². The molecule has 0 amide bonds. The molecule has 0 atom stereocenters. The molecule has 0 saturated carbocycles. The Labute approximate surface area is 108 Å². The minimum atomic E-state index is -0.963. The highest BCUT2D eigenvalue weighted by Crippen LogP contribution is 2.23. The SMILES string of the molecule is Cc1nc(NCc2cccc(O)c2)sc1C(=O)O. The first kappa shape index (κ1) is 12.4. The number of hydrogen-bond donors (Lipinski definition) is 3. The summed E-state index contributed by atoms with van der Waals surface area (Å²) in [4.78, 5) is 15.2. The van der Waals surface area contributed by atoms with E-state index in [0.29, 0.717) is 17.4 Å². The third-order valence-electron chi connectivity index (χ3n) is 2.35. The first-order valence-corrected chi connectivity index (χ1v) is 6.10. The van der Waals surface area contributed by atoms with Gasteiger partial charge in [0.2, 0.25) is 0 Å². The summed E-state index contributed by atoms with van der Waals surface area (Å²) < 4.78 is 0. The molecule has 2 rings (SSSR count). The van der Waals surface area contributed by atoms with Gasteiger partial charge in [0.25, 0.3) is 0 Å². The van der Waals surface area contributed by atoms with Gasteiger partial charge in [0.15, 0.2) is 5.13 Å². The number of nitrogens with zero attached hydrogens (tertiary/aromatic N) is 1. The van der Waals surface area contributed by atoms with E-state index in [1.807, 2.05) is 6.07 Å². The van der Waals surface area contributed by atoms with Crippen molar-refractivity contribution in [1.29, 1.82) is 0 Å². The van der Waals surface area contributed by atoms with E-state index < -0.39 is 5.97 Å². The monoisotopic (exact) mass is 264 g/mol. The standard InChI is InChI=1S/C12H12N2O3S/c1-7-10(11(16)17)18-12(14-7)13-6-8-3-2-4-9(15)5-8/h2-5,15H,6H2,1H3,(H,13,14)(H,16,17). The maximum absolute atomic E-state index is 10.9. The molecule has 94 valence electrons. The summed E-state index contributed by atoms with van der Waals surface area (Å²) in [6, 6.07) is 6.86. The van der Waals surface area contributed by atoms with Crippen LogP contribution < -0.4 is 5.32 Å². The van der Waals surface area contributed by atoms with Gasteiger partial charge in [-0.3, -0.25) is 0 Å². The molecule has 0 unspecified atom stereocenters. The number of benzene rings is 1. The van der Waals surface area contributed by atoms with Crippen LogP contribution in [0.4, 0.5) is 5.13 Å². The summed E-state index contributed by atoms with van der Waals surface area (Å²) in [6.45, 7) is 2.15. The molecule has 1 heterocycles. The Morgan fingerprint density at radius 2 is 2.28 bits per heavy atom. The van der Waals surface area contributed by atoms with Crippen LogP contribution in [0.5, 0.6) is 5.75 Å². The lowest BCUT2D eigenvalue weighted by Crippen LogP contribution is -1.98. The van der Waals surface area contributed by atoms with Crippen LogP contribution in [0.1, 0.15) is 20.9 Å². The van der Waals surface area contributed by atoms with Crippen LogP contribution in [0, 0.1) is 6.92 Å². The average Bonchev–Trinajstić information content (AvgIpc) is 2.68. The second-order valence-corrected chi connectivity index (χ2v) is 4.76. The fraction of sp³-hybridized carbons (Fsp3) is 0.167. The van der Waals surface area contributed by atoms with Crippen molar-refractivity contribution in [3.63, 3.8) is 0 Å². The van der Waals surface area contributed by atoms with Crippen molar-refractivity contribution in [2.45, 2.75) is 13.5 Å². The van der Waals surface area contributed by atoms with Gasteiger partial charge in [-0.15, -0.1) is 0 Å². The molecule has 0 saturated heterocycles. The highest BCUT2D eigenvalue weighted by atomic mass is 32.1. The van der Waals surface area contributed by atoms with Gasteiger partial charge in [0.05, 0.1) is 5.69 Å². The molecule has 1 aromatic carbocycles. The van der Waals surface area contributed by atoms with E-state index in [9.17, 15) is 9.90 Å². The maximum atomic E-state index is 10.9. The van der Waals surface area contributed by atoms with Crippen LogP contribution >= 0.6 is 11.3 Å². The zero-order valence-corrected chi connectivity index (χ0v) is 10.5. The van der Waals surface area contributed by atoms with Gasteiger partial charge in [0, 0.05) is 6.54 Å². The summed E-state index contributed by atoms with van der Waals surface area (Å²) in [6.07, 6.45) is 0. The molecule has 0 aliphatic rings. The van der Waals surface area contributed by atoms with Crippen molar-refractivity contribution in [2.75, 3.05) is 5.32 Å². The fourth-order valence-corrected chi connectivity index (χ4v) is 2.32. The second-order valence-electron chi connectivity index (χ2n) is 3.76. The molecule has 2 aromatic rings. The fourth-order valence-electron chi connectivity index (χ4n) is 1.51. The number of aromatic hydroxyl groups is 1. The van der Waals surface area contributed by atoms with E-state index in [-0.39, 0.29) is 10.6 Å². The van der Waals surface area contributed by atoms with Crippen LogP contribution in [-0.4, -0.2) is 21.2 Å². The van der Waals surface area contributed by atoms with E-state index in [1.165, 1.54) is 0 Å². The molecule has 0 radical (unpaired) electrons. The number of carbonyl (C=O) groups is 1.